The minimum Gasteiger partial charge on any atom is -0.378 e. The highest BCUT2D eigenvalue weighted by atomic mass is 32.1. The Labute approximate surface area is 184 Å². The summed E-state index contributed by atoms with van der Waals surface area (Å²) >= 11 is 1.41. The average Bonchev–Trinajstić information content (AvgIpc) is 3.21. The minimum atomic E-state index is -0.391. The standard InChI is InChI=1S/C23H25FN4O2S/c24-19-6-2-18(3-7-19)22(29)26-23-28(11-1-10-25)21(16-31-23)17-4-8-20(9-5-17)27-12-14-30-15-13-27/h2-9,16H,1,10-15,25H2/b26-23-. The van der Waals surface area contributed by atoms with Crippen LogP contribution in [0.4, 0.5) is 10.1 Å². The second kappa shape index (κ2) is 10.00. The van der Waals surface area contributed by atoms with Gasteiger partial charge in [-0.2, -0.15) is 4.99 Å². The van der Waals surface area contributed by atoms with E-state index in [1.54, 1.807) is 0 Å². The molecule has 1 aromatic heterocycles. The highest BCUT2D eigenvalue weighted by Gasteiger charge is 2.13. The Morgan fingerprint density at radius 1 is 1.10 bits per heavy atom. The third-order valence-electron chi connectivity index (χ3n) is 5.21. The molecule has 2 aromatic carbocycles. The smallest absolute Gasteiger partial charge is 0.279 e. The molecule has 162 valence electrons. The summed E-state index contributed by atoms with van der Waals surface area (Å²) in [5.74, 6) is -0.772. The highest BCUT2D eigenvalue weighted by Crippen LogP contribution is 2.24. The molecule has 0 unspecified atom stereocenters. The summed E-state index contributed by atoms with van der Waals surface area (Å²) in [4.78, 5) is 19.8. The summed E-state index contributed by atoms with van der Waals surface area (Å²) in [7, 11) is 0. The molecule has 1 fully saturated rings. The lowest BCUT2D eigenvalue weighted by atomic mass is 10.1. The summed E-state index contributed by atoms with van der Waals surface area (Å²) in [6.07, 6.45) is 0.771. The average molecular weight is 441 g/mol. The molecule has 6 nitrogen and oxygen atoms in total. The molecule has 8 heteroatoms. The molecule has 4 rings (SSSR count). The highest BCUT2D eigenvalue weighted by molar-refractivity contribution is 7.07. The van der Waals surface area contributed by atoms with E-state index in [1.807, 2.05) is 9.95 Å². The summed E-state index contributed by atoms with van der Waals surface area (Å²) in [6.45, 7) is 4.49. The first-order chi connectivity index (χ1) is 15.2. The van der Waals surface area contributed by atoms with Crippen LogP contribution in [0.3, 0.4) is 0 Å². The lowest BCUT2D eigenvalue weighted by Gasteiger charge is -2.28. The van der Waals surface area contributed by atoms with Gasteiger partial charge in [0.1, 0.15) is 5.82 Å². The van der Waals surface area contributed by atoms with Gasteiger partial charge in [-0.1, -0.05) is 12.1 Å². The zero-order valence-corrected chi connectivity index (χ0v) is 18.0. The molecule has 1 amide bonds. The number of halogens is 1. The monoisotopic (exact) mass is 440 g/mol. The molecule has 2 heterocycles. The topological polar surface area (TPSA) is 72.8 Å². The predicted molar refractivity (Wildman–Crippen MR) is 121 cm³/mol. The van der Waals surface area contributed by atoms with Crippen molar-refractivity contribution in [2.24, 2.45) is 10.7 Å². The molecule has 31 heavy (non-hydrogen) atoms. The first-order valence-electron chi connectivity index (χ1n) is 10.3. The van der Waals surface area contributed by atoms with Gasteiger partial charge in [0.05, 0.1) is 18.9 Å². The van der Waals surface area contributed by atoms with Gasteiger partial charge in [-0.15, -0.1) is 11.3 Å². The maximum absolute atomic E-state index is 13.2. The van der Waals surface area contributed by atoms with Crippen molar-refractivity contribution >= 4 is 22.9 Å². The maximum atomic E-state index is 13.2. The van der Waals surface area contributed by atoms with Gasteiger partial charge in [0, 0.05) is 36.3 Å². The number of aromatic nitrogens is 1. The van der Waals surface area contributed by atoms with Crippen LogP contribution in [0.2, 0.25) is 0 Å². The van der Waals surface area contributed by atoms with E-state index in [-0.39, 0.29) is 5.82 Å². The minimum absolute atomic E-state index is 0.358. The van der Waals surface area contributed by atoms with Crippen LogP contribution in [0.1, 0.15) is 16.8 Å². The van der Waals surface area contributed by atoms with Crippen LogP contribution in [-0.4, -0.2) is 43.3 Å². The van der Waals surface area contributed by atoms with Crippen LogP contribution in [0.15, 0.2) is 58.9 Å². The first-order valence-corrected chi connectivity index (χ1v) is 11.2. The van der Waals surface area contributed by atoms with Crippen LogP contribution < -0.4 is 15.4 Å². The van der Waals surface area contributed by atoms with E-state index < -0.39 is 5.91 Å². The number of benzene rings is 2. The third kappa shape index (κ3) is 5.10. The second-order valence-electron chi connectivity index (χ2n) is 7.27. The van der Waals surface area contributed by atoms with Crippen molar-refractivity contribution in [1.29, 1.82) is 0 Å². The molecule has 0 atom stereocenters. The normalized spacial score (nSPS) is 14.8. The van der Waals surface area contributed by atoms with E-state index in [4.69, 9.17) is 10.5 Å². The van der Waals surface area contributed by atoms with Crippen molar-refractivity contribution < 1.29 is 13.9 Å². The Bertz CT molecular complexity index is 1080. The van der Waals surface area contributed by atoms with Crippen molar-refractivity contribution in [1.82, 2.24) is 4.57 Å². The number of thiazole rings is 1. The summed E-state index contributed by atoms with van der Waals surface area (Å²) in [6, 6.07) is 13.9. The third-order valence-corrected chi connectivity index (χ3v) is 6.07. The van der Waals surface area contributed by atoms with E-state index in [0.717, 1.165) is 44.0 Å². The Morgan fingerprint density at radius 3 is 2.48 bits per heavy atom. The van der Waals surface area contributed by atoms with Crippen LogP contribution in [0.5, 0.6) is 0 Å². The quantitative estimate of drug-likeness (QED) is 0.639. The molecule has 0 bridgehead atoms. The number of ether oxygens (including phenoxy) is 1. The largest absolute Gasteiger partial charge is 0.378 e. The van der Waals surface area contributed by atoms with Crippen molar-refractivity contribution in [3.8, 4) is 11.3 Å². The lowest BCUT2D eigenvalue weighted by Crippen LogP contribution is -2.36. The fourth-order valence-corrected chi connectivity index (χ4v) is 4.46. The van der Waals surface area contributed by atoms with E-state index in [1.165, 1.54) is 41.3 Å². The van der Waals surface area contributed by atoms with Crippen molar-refractivity contribution in [2.45, 2.75) is 13.0 Å². The van der Waals surface area contributed by atoms with Gasteiger partial charge in [-0.3, -0.25) is 4.79 Å². The van der Waals surface area contributed by atoms with Gasteiger partial charge < -0.3 is 19.9 Å². The molecule has 0 radical (unpaired) electrons. The number of amides is 1. The first kappa shape index (κ1) is 21.4. The van der Waals surface area contributed by atoms with Crippen LogP contribution in [0.25, 0.3) is 11.3 Å². The van der Waals surface area contributed by atoms with Gasteiger partial charge in [0.25, 0.3) is 5.91 Å². The fourth-order valence-electron chi connectivity index (χ4n) is 3.52. The van der Waals surface area contributed by atoms with Gasteiger partial charge in [-0.05, 0) is 54.9 Å². The molecule has 1 saturated heterocycles. The number of rotatable bonds is 6. The van der Waals surface area contributed by atoms with Gasteiger partial charge in [-0.25, -0.2) is 4.39 Å². The van der Waals surface area contributed by atoms with E-state index in [0.29, 0.717) is 23.5 Å². The fraction of sp³-hybridized carbons (Fsp3) is 0.304. The van der Waals surface area contributed by atoms with Crippen molar-refractivity contribution in [3.05, 3.63) is 70.1 Å². The molecule has 1 aliphatic rings. The number of hydrogen-bond donors (Lipinski definition) is 1. The Morgan fingerprint density at radius 2 is 1.81 bits per heavy atom. The number of nitrogens with zero attached hydrogens (tertiary/aromatic N) is 3. The second-order valence-corrected chi connectivity index (χ2v) is 8.10. The van der Waals surface area contributed by atoms with E-state index in [9.17, 15) is 9.18 Å². The SMILES string of the molecule is NCCCn1c(-c2ccc(N3CCOCC3)cc2)cs/c1=N\C(=O)c1ccc(F)cc1. The Balaban J connectivity index is 1.64. The molecule has 2 N–H and O–H groups in total. The van der Waals surface area contributed by atoms with Crippen molar-refractivity contribution in [3.63, 3.8) is 0 Å². The van der Waals surface area contributed by atoms with Crippen LogP contribution in [-0.2, 0) is 11.3 Å². The number of carbonyl (C=O) groups excluding carboxylic acids is 1. The molecule has 0 saturated carbocycles. The predicted octanol–water partition coefficient (Wildman–Crippen LogP) is 3.28. The summed E-state index contributed by atoms with van der Waals surface area (Å²) < 4.78 is 20.6. The van der Waals surface area contributed by atoms with Gasteiger partial charge >= 0.3 is 0 Å². The molecule has 3 aromatic rings. The number of morpholine rings is 1. The van der Waals surface area contributed by atoms with Crippen molar-refractivity contribution in [2.75, 3.05) is 37.7 Å². The zero-order chi connectivity index (χ0) is 21.6. The summed E-state index contributed by atoms with van der Waals surface area (Å²) in [5, 5.41) is 2.01. The van der Waals surface area contributed by atoms with E-state index >= 15 is 0 Å². The molecule has 0 aliphatic carbocycles. The molecular formula is C23H25FN4O2S. The zero-order valence-electron chi connectivity index (χ0n) is 17.2. The summed E-state index contributed by atoms with van der Waals surface area (Å²) in [5.41, 5.74) is 9.32. The number of anilines is 1. The van der Waals surface area contributed by atoms with E-state index in [2.05, 4.69) is 34.2 Å². The molecule has 1 aliphatic heterocycles. The Hall–Kier alpha value is -2.81. The maximum Gasteiger partial charge on any atom is 0.279 e. The Kier molecular flexibility index (Phi) is 6.91. The number of carbonyl (C=O) groups is 1. The molecular weight excluding hydrogens is 415 g/mol. The van der Waals surface area contributed by atoms with Crippen LogP contribution in [0, 0.1) is 5.82 Å². The molecule has 0 spiro atoms. The van der Waals surface area contributed by atoms with Gasteiger partial charge in [0.15, 0.2) is 4.80 Å². The number of nitrogens with two attached hydrogens (primary N) is 1. The lowest BCUT2D eigenvalue weighted by molar-refractivity contribution is 0.0997. The van der Waals surface area contributed by atoms with Crippen LogP contribution >= 0.6 is 11.3 Å². The van der Waals surface area contributed by atoms with Gasteiger partial charge in [0.2, 0.25) is 0 Å². The number of hydrogen-bond acceptors (Lipinski definition) is 5.